The summed E-state index contributed by atoms with van der Waals surface area (Å²) in [4.78, 5) is 25.2. The zero-order valence-corrected chi connectivity index (χ0v) is 17.0. The molecule has 0 saturated heterocycles. The number of hydrogen-bond donors (Lipinski definition) is 0. The van der Waals surface area contributed by atoms with Gasteiger partial charge >= 0.3 is 5.97 Å². The van der Waals surface area contributed by atoms with Gasteiger partial charge in [0.05, 0.1) is 18.2 Å². The summed E-state index contributed by atoms with van der Waals surface area (Å²) in [5, 5.41) is 0.566. The zero-order valence-electron chi connectivity index (χ0n) is 16.3. The summed E-state index contributed by atoms with van der Waals surface area (Å²) < 4.78 is 16.3. The molecular formula is C24H17ClO5. The number of fused-ring (bicyclic) bond motifs is 1. The minimum absolute atomic E-state index is 0.189. The Morgan fingerprint density at radius 2 is 1.80 bits per heavy atom. The summed E-state index contributed by atoms with van der Waals surface area (Å²) in [7, 11) is 1.55. The smallest absolute Gasteiger partial charge is 0.343 e. The van der Waals surface area contributed by atoms with Crippen LogP contribution in [0, 0.1) is 6.92 Å². The van der Waals surface area contributed by atoms with Crippen molar-refractivity contribution in [1.29, 1.82) is 0 Å². The summed E-state index contributed by atoms with van der Waals surface area (Å²) >= 11 is 6.01. The molecule has 0 radical (unpaired) electrons. The average molecular weight is 421 g/mol. The number of carbonyl (C=O) groups excluding carboxylic acids is 2. The third-order valence-corrected chi connectivity index (χ3v) is 4.86. The molecule has 4 rings (SSSR count). The molecule has 150 valence electrons. The number of methoxy groups -OCH3 is 1. The van der Waals surface area contributed by atoms with Gasteiger partial charge in [-0.2, -0.15) is 0 Å². The molecule has 0 aliphatic carbocycles. The van der Waals surface area contributed by atoms with Crippen LogP contribution in [0.4, 0.5) is 0 Å². The standard InChI is InChI=1S/C24H17ClO5/c1-14-10-19(29-24(27)16-6-8-18(28-2)9-7-16)13-20-22(14)23(26)21(30-20)12-15-4-3-5-17(25)11-15/h3-13H,1-2H3/b21-12-. The highest BCUT2D eigenvalue weighted by molar-refractivity contribution is 6.30. The lowest BCUT2D eigenvalue weighted by atomic mass is 10.0. The van der Waals surface area contributed by atoms with E-state index in [1.165, 1.54) is 0 Å². The molecule has 0 atom stereocenters. The number of halogens is 1. The van der Waals surface area contributed by atoms with Gasteiger partial charge in [-0.05, 0) is 66.6 Å². The lowest BCUT2D eigenvalue weighted by Gasteiger charge is -2.08. The maximum Gasteiger partial charge on any atom is 0.343 e. The Morgan fingerprint density at radius 1 is 1.03 bits per heavy atom. The molecule has 6 heteroatoms. The number of ketones is 1. The molecule has 1 aliphatic rings. The van der Waals surface area contributed by atoms with E-state index in [9.17, 15) is 9.59 Å². The molecule has 0 N–H and O–H groups in total. The van der Waals surface area contributed by atoms with Crippen LogP contribution in [0.5, 0.6) is 17.2 Å². The number of aryl methyl sites for hydroxylation is 1. The molecule has 5 nitrogen and oxygen atoms in total. The first-order valence-electron chi connectivity index (χ1n) is 9.15. The summed E-state index contributed by atoms with van der Waals surface area (Å²) in [5.74, 6) is 0.737. The van der Waals surface area contributed by atoms with Crippen molar-refractivity contribution in [3.63, 3.8) is 0 Å². The van der Waals surface area contributed by atoms with Crippen LogP contribution in [0.15, 0.2) is 66.4 Å². The zero-order chi connectivity index (χ0) is 21.3. The number of benzene rings is 3. The van der Waals surface area contributed by atoms with Crippen LogP contribution in [0.3, 0.4) is 0 Å². The van der Waals surface area contributed by atoms with Crippen molar-refractivity contribution in [2.75, 3.05) is 7.11 Å². The highest BCUT2D eigenvalue weighted by Crippen LogP contribution is 2.37. The fourth-order valence-electron chi connectivity index (χ4n) is 3.18. The molecule has 1 heterocycles. The predicted molar refractivity (Wildman–Crippen MR) is 114 cm³/mol. The first kappa shape index (κ1) is 19.7. The Labute approximate surface area is 178 Å². The first-order valence-corrected chi connectivity index (χ1v) is 9.53. The largest absolute Gasteiger partial charge is 0.497 e. The van der Waals surface area contributed by atoms with Crippen LogP contribution < -0.4 is 14.2 Å². The van der Waals surface area contributed by atoms with Crippen LogP contribution >= 0.6 is 11.6 Å². The molecule has 0 unspecified atom stereocenters. The number of hydrogen-bond acceptors (Lipinski definition) is 5. The Kier molecular flexibility index (Phi) is 5.29. The average Bonchev–Trinajstić information content (AvgIpc) is 3.03. The van der Waals surface area contributed by atoms with Gasteiger partial charge in [0.25, 0.3) is 0 Å². The van der Waals surface area contributed by atoms with Crippen molar-refractivity contribution in [2.24, 2.45) is 0 Å². The summed E-state index contributed by atoms with van der Waals surface area (Å²) in [6, 6.07) is 16.9. The SMILES string of the molecule is COc1ccc(C(=O)Oc2cc(C)c3c(c2)O/C(=C\c2cccc(Cl)c2)C3=O)cc1. The Hall–Kier alpha value is -3.57. The number of carbonyl (C=O) groups is 2. The Morgan fingerprint density at radius 3 is 2.50 bits per heavy atom. The number of rotatable bonds is 4. The normalized spacial score (nSPS) is 13.7. The van der Waals surface area contributed by atoms with Crippen LogP contribution in [-0.2, 0) is 0 Å². The van der Waals surface area contributed by atoms with E-state index in [0.717, 1.165) is 5.56 Å². The molecule has 3 aromatic rings. The van der Waals surface area contributed by atoms with Crippen LogP contribution in [0.1, 0.15) is 31.8 Å². The van der Waals surface area contributed by atoms with E-state index in [1.54, 1.807) is 74.7 Å². The van der Waals surface area contributed by atoms with E-state index >= 15 is 0 Å². The predicted octanol–water partition coefficient (Wildman–Crippen LogP) is 5.49. The fourth-order valence-corrected chi connectivity index (χ4v) is 3.38. The first-order chi connectivity index (χ1) is 14.4. The second kappa shape index (κ2) is 8.05. The number of esters is 1. The van der Waals surface area contributed by atoms with Gasteiger partial charge < -0.3 is 14.2 Å². The molecular weight excluding hydrogens is 404 g/mol. The van der Waals surface area contributed by atoms with Gasteiger partial charge in [0.1, 0.15) is 17.2 Å². The van der Waals surface area contributed by atoms with Crippen LogP contribution in [-0.4, -0.2) is 18.9 Å². The molecule has 0 spiro atoms. The molecule has 0 bridgehead atoms. The van der Waals surface area contributed by atoms with Crippen molar-refractivity contribution in [1.82, 2.24) is 0 Å². The summed E-state index contributed by atoms with van der Waals surface area (Å²) in [6.07, 6.45) is 1.64. The monoisotopic (exact) mass is 420 g/mol. The van der Waals surface area contributed by atoms with Crippen molar-refractivity contribution >= 4 is 29.4 Å². The van der Waals surface area contributed by atoms with E-state index in [2.05, 4.69) is 0 Å². The maximum atomic E-state index is 12.8. The van der Waals surface area contributed by atoms with Crippen LogP contribution in [0.25, 0.3) is 6.08 Å². The topological polar surface area (TPSA) is 61.8 Å². The lowest BCUT2D eigenvalue weighted by molar-refractivity contribution is 0.0734. The van der Waals surface area contributed by atoms with Gasteiger partial charge in [-0.1, -0.05) is 23.7 Å². The van der Waals surface area contributed by atoms with E-state index in [0.29, 0.717) is 39.0 Å². The van der Waals surface area contributed by atoms with E-state index in [4.69, 9.17) is 25.8 Å². The molecule has 0 amide bonds. The third-order valence-electron chi connectivity index (χ3n) is 4.63. The van der Waals surface area contributed by atoms with Crippen molar-refractivity contribution in [3.05, 3.63) is 93.7 Å². The van der Waals surface area contributed by atoms with Gasteiger partial charge in [0.2, 0.25) is 5.78 Å². The molecule has 30 heavy (non-hydrogen) atoms. The highest BCUT2D eigenvalue weighted by atomic mass is 35.5. The van der Waals surface area contributed by atoms with Gasteiger partial charge in [0, 0.05) is 11.1 Å². The van der Waals surface area contributed by atoms with Gasteiger partial charge in [-0.25, -0.2) is 4.79 Å². The van der Waals surface area contributed by atoms with Crippen molar-refractivity contribution in [3.8, 4) is 17.2 Å². The quantitative estimate of drug-likeness (QED) is 0.317. The second-order valence-corrected chi connectivity index (χ2v) is 7.16. The van der Waals surface area contributed by atoms with E-state index in [-0.39, 0.29) is 11.5 Å². The highest BCUT2D eigenvalue weighted by Gasteiger charge is 2.30. The molecule has 1 aliphatic heterocycles. The lowest BCUT2D eigenvalue weighted by Crippen LogP contribution is -2.08. The van der Waals surface area contributed by atoms with E-state index < -0.39 is 5.97 Å². The number of allylic oxidation sites excluding steroid dienone is 1. The number of Topliss-reactive ketones (excluding diaryl/α,β-unsaturated/α-hetero) is 1. The van der Waals surface area contributed by atoms with Crippen molar-refractivity contribution in [2.45, 2.75) is 6.92 Å². The van der Waals surface area contributed by atoms with Crippen LogP contribution in [0.2, 0.25) is 5.02 Å². The fraction of sp³-hybridized carbons (Fsp3) is 0.0833. The molecule has 3 aromatic carbocycles. The van der Waals surface area contributed by atoms with Gasteiger partial charge in [-0.15, -0.1) is 0 Å². The van der Waals surface area contributed by atoms with E-state index in [1.807, 2.05) is 6.07 Å². The summed E-state index contributed by atoms with van der Waals surface area (Å²) in [5.41, 5.74) is 2.24. The minimum Gasteiger partial charge on any atom is -0.497 e. The van der Waals surface area contributed by atoms with Crippen molar-refractivity contribution < 1.29 is 23.8 Å². The molecule has 0 fully saturated rings. The number of ether oxygens (including phenoxy) is 3. The van der Waals surface area contributed by atoms with Gasteiger partial charge in [-0.3, -0.25) is 4.79 Å². The molecule has 0 saturated carbocycles. The third kappa shape index (κ3) is 3.93. The summed E-state index contributed by atoms with van der Waals surface area (Å²) in [6.45, 7) is 1.77. The maximum absolute atomic E-state index is 12.8. The molecule has 0 aromatic heterocycles. The minimum atomic E-state index is -0.518. The Balaban J connectivity index is 1.58. The Bertz CT molecular complexity index is 1180. The van der Waals surface area contributed by atoms with Gasteiger partial charge in [0.15, 0.2) is 5.76 Å². The second-order valence-electron chi connectivity index (χ2n) is 6.73.